The van der Waals surface area contributed by atoms with Gasteiger partial charge in [-0.3, -0.25) is 4.79 Å². The van der Waals surface area contributed by atoms with E-state index >= 15 is 0 Å². The molecule has 27 heavy (non-hydrogen) atoms. The minimum Gasteiger partial charge on any atom is -0.480 e. The fourth-order valence-corrected chi connectivity index (χ4v) is 2.78. The summed E-state index contributed by atoms with van der Waals surface area (Å²) >= 11 is 0. The van der Waals surface area contributed by atoms with Gasteiger partial charge in [0.05, 0.1) is 19.1 Å². The number of nitrogens with zero attached hydrogens (tertiary/aromatic N) is 2. The summed E-state index contributed by atoms with van der Waals surface area (Å²) in [5.74, 6) is -3.15. The number of carboxylic acid groups (broad SMARTS) is 1. The average Bonchev–Trinajstić information content (AvgIpc) is 2.63. The Bertz CT molecular complexity index is 1110. The first-order chi connectivity index (χ1) is 12.9. The number of carbonyl (C=O) groups is 1. The van der Waals surface area contributed by atoms with E-state index in [0.29, 0.717) is 6.07 Å². The molecule has 0 aliphatic rings. The standard InChI is InChI=1S/C18H14F2N2O5/c1-27-17-11(10-3-2-9(19)6-14(10)20)7-12-15(24)13(18(25)26)8-22(4-5-23)16(12)21-17/h2-3,6-8,23H,4-5H2,1H3,(H,25,26). The molecule has 7 nitrogen and oxygen atoms in total. The first-order valence-electron chi connectivity index (χ1n) is 7.79. The number of aromatic nitrogens is 2. The van der Waals surface area contributed by atoms with Gasteiger partial charge in [-0.1, -0.05) is 0 Å². The van der Waals surface area contributed by atoms with E-state index in [1.54, 1.807) is 0 Å². The Kier molecular flexibility index (Phi) is 4.87. The Morgan fingerprint density at radius 2 is 2.00 bits per heavy atom. The van der Waals surface area contributed by atoms with Crippen molar-refractivity contribution in [3.8, 4) is 17.0 Å². The van der Waals surface area contributed by atoms with Gasteiger partial charge < -0.3 is 19.5 Å². The fourth-order valence-electron chi connectivity index (χ4n) is 2.78. The van der Waals surface area contributed by atoms with Crippen LogP contribution in [0.4, 0.5) is 8.78 Å². The SMILES string of the molecule is COc1nc2c(cc1-c1ccc(F)cc1F)c(=O)c(C(=O)O)cn2CCO. The monoisotopic (exact) mass is 376 g/mol. The van der Waals surface area contributed by atoms with Crippen LogP contribution in [0.5, 0.6) is 5.88 Å². The molecule has 0 aliphatic carbocycles. The molecule has 0 amide bonds. The van der Waals surface area contributed by atoms with Crippen LogP contribution in [0.2, 0.25) is 0 Å². The van der Waals surface area contributed by atoms with E-state index in [-0.39, 0.29) is 41.2 Å². The normalized spacial score (nSPS) is 11.0. The zero-order chi connectivity index (χ0) is 19.7. The highest BCUT2D eigenvalue weighted by molar-refractivity contribution is 5.93. The highest BCUT2D eigenvalue weighted by atomic mass is 19.1. The Morgan fingerprint density at radius 3 is 2.59 bits per heavy atom. The van der Waals surface area contributed by atoms with Crippen LogP contribution in [0.15, 0.2) is 35.3 Å². The van der Waals surface area contributed by atoms with Crippen molar-refractivity contribution in [2.45, 2.75) is 6.54 Å². The van der Waals surface area contributed by atoms with Gasteiger partial charge in [0.2, 0.25) is 11.3 Å². The predicted octanol–water partition coefficient (Wildman–Crippen LogP) is 2.04. The molecular formula is C18H14F2N2O5. The number of aliphatic hydroxyl groups is 1. The van der Waals surface area contributed by atoms with Gasteiger partial charge in [-0.25, -0.2) is 13.6 Å². The maximum Gasteiger partial charge on any atom is 0.341 e. The summed E-state index contributed by atoms with van der Waals surface area (Å²) in [6, 6.07) is 4.14. The maximum atomic E-state index is 14.2. The molecule has 0 radical (unpaired) electrons. The van der Waals surface area contributed by atoms with Gasteiger partial charge in [0.1, 0.15) is 22.8 Å². The second-order valence-corrected chi connectivity index (χ2v) is 5.63. The third kappa shape index (κ3) is 3.24. The van der Waals surface area contributed by atoms with Crippen molar-refractivity contribution in [3.63, 3.8) is 0 Å². The van der Waals surface area contributed by atoms with Crippen LogP contribution >= 0.6 is 0 Å². The molecule has 0 saturated heterocycles. The number of aliphatic hydroxyl groups excluding tert-OH is 1. The zero-order valence-corrected chi connectivity index (χ0v) is 14.1. The van der Waals surface area contributed by atoms with Gasteiger partial charge in [-0.05, 0) is 18.2 Å². The second kappa shape index (κ2) is 7.12. The highest BCUT2D eigenvalue weighted by Crippen LogP contribution is 2.32. The third-order valence-corrected chi connectivity index (χ3v) is 4.00. The number of ether oxygens (including phenoxy) is 1. The van der Waals surface area contributed by atoms with Gasteiger partial charge >= 0.3 is 5.97 Å². The third-order valence-electron chi connectivity index (χ3n) is 4.00. The number of hydrogen-bond acceptors (Lipinski definition) is 5. The lowest BCUT2D eigenvalue weighted by Gasteiger charge is -2.14. The highest BCUT2D eigenvalue weighted by Gasteiger charge is 2.20. The maximum absolute atomic E-state index is 14.2. The van der Waals surface area contributed by atoms with Crippen LogP contribution in [-0.2, 0) is 6.54 Å². The molecule has 2 aromatic heterocycles. The van der Waals surface area contributed by atoms with Crippen molar-refractivity contribution in [2.24, 2.45) is 0 Å². The van der Waals surface area contributed by atoms with Crippen molar-refractivity contribution in [1.29, 1.82) is 0 Å². The number of fused-ring (bicyclic) bond motifs is 1. The molecule has 0 unspecified atom stereocenters. The Morgan fingerprint density at radius 1 is 1.26 bits per heavy atom. The van der Waals surface area contributed by atoms with Crippen molar-refractivity contribution in [3.05, 3.63) is 57.9 Å². The molecule has 2 heterocycles. The average molecular weight is 376 g/mol. The van der Waals surface area contributed by atoms with Gasteiger partial charge in [0.15, 0.2) is 0 Å². The van der Waals surface area contributed by atoms with E-state index in [1.807, 2.05) is 0 Å². The Hall–Kier alpha value is -3.33. The minimum absolute atomic E-state index is 0.0164. The second-order valence-electron chi connectivity index (χ2n) is 5.63. The van der Waals surface area contributed by atoms with Crippen LogP contribution in [0, 0.1) is 11.6 Å². The molecule has 1 aromatic carbocycles. The summed E-state index contributed by atoms with van der Waals surface area (Å²) in [7, 11) is 1.29. The van der Waals surface area contributed by atoms with Crippen LogP contribution in [0.25, 0.3) is 22.2 Å². The van der Waals surface area contributed by atoms with E-state index in [0.717, 1.165) is 12.3 Å². The van der Waals surface area contributed by atoms with Crippen LogP contribution < -0.4 is 10.2 Å². The molecule has 3 rings (SSSR count). The molecule has 2 N–H and O–H groups in total. The predicted molar refractivity (Wildman–Crippen MR) is 92.0 cm³/mol. The van der Waals surface area contributed by atoms with E-state index < -0.39 is 28.6 Å². The molecule has 3 aromatic rings. The van der Waals surface area contributed by atoms with Crippen molar-refractivity contribution < 1.29 is 28.5 Å². The number of hydrogen-bond donors (Lipinski definition) is 2. The molecule has 0 aliphatic heterocycles. The van der Waals surface area contributed by atoms with Gasteiger partial charge in [0, 0.05) is 29.9 Å². The van der Waals surface area contributed by atoms with Crippen LogP contribution in [0.1, 0.15) is 10.4 Å². The number of pyridine rings is 2. The van der Waals surface area contributed by atoms with Crippen molar-refractivity contribution in [1.82, 2.24) is 9.55 Å². The first kappa shape index (κ1) is 18.5. The molecular weight excluding hydrogens is 362 g/mol. The largest absolute Gasteiger partial charge is 0.480 e. The smallest absolute Gasteiger partial charge is 0.341 e. The van der Waals surface area contributed by atoms with Gasteiger partial charge in [-0.2, -0.15) is 4.98 Å². The minimum atomic E-state index is -1.45. The van der Waals surface area contributed by atoms with E-state index in [1.165, 1.54) is 23.8 Å². The zero-order valence-electron chi connectivity index (χ0n) is 14.1. The number of aromatic carboxylic acids is 1. The summed E-state index contributed by atoms with van der Waals surface area (Å²) in [5, 5.41) is 18.4. The summed E-state index contributed by atoms with van der Waals surface area (Å²) < 4.78 is 33.9. The lowest BCUT2D eigenvalue weighted by atomic mass is 10.0. The number of carboxylic acids is 1. The molecule has 0 spiro atoms. The first-order valence-corrected chi connectivity index (χ1v) is 7.79. The van der Waals surface area contributed by atoms with Gasteiger partial charge in [0.25, 0.3) is 0 Å². The Labute approximate surface area is 151 Å². The quantitative estimate of drug-likeness (QED) is 0.707. The van der Waals surface area contributed by atoms with Crippen LogP contribution in [-0.4, -0.2) is 39.5 Å². The van der Waals surface area contributed by atoms with Crippen molar-refractivity contribution in [2.75, 3.05) is 13.7 Å². The summed E-state index contributed by atoms with van der Waals surface area (Å²) in [5.41, 5.74) is -1.25. The van der Waals surface area contributed by atoms with E-state index in [9.17, 15) is 28.6 Å². The molecule has 0 atom stereocenters. The van der Waals surface area contributed by atoms with Crippen LogP contribution in [0.3, 0.4) is 0 Å². The number of rotatable bonds is 5. The molecule has 0 fully saturated rings. The van der Waals surface area contributed by atoms with E-state index in [2.05, 4.69) is 4.98 Å². The number of methoxy groups -OCH3 is 1. The molecule has 9 heteroatoms. The number of benzene rings is 1. The number of halogens is 2. The molecule has 140 valence electrons. The summed E-state index contributed by atoms with van der Waals surface area (Å²) in [6.45, 7) is -0.340. The van der Waals surface area contributed by atoms with E-state index in [4.69, 9.17) is 4.74 Å². The molecule has 0 saturated carbocycles. The lowest BCUT2D eigenvalue weighted by Crippen LogP contribution is -2.20. The van der Waals surface area contributed by atoms with Gasteiger partial charge in [-0.15, -0.1) is 0 Å². The summed E-state index contributed by atoms with van der Waals surface area (Å²) in [6.07, 6.45) is 1.08. The lowest BCUT2D eigenvalue weighted by molar-refractivity contribution is 0.0694. The topological polar surface area (TPSA) is 102 Å². The molecule has 0 bridgehead atoms. The Balaban J connectivity index is 2.41. The van der Waals surface area contributed by atoms with Crippen molar-refractivity contribution >= 4 is 17.0 Å². The fraction of sp³-hybridized carbons (Fsp3) is 0.167. The summed E-state index contributed by atoms with van der Waals surface area (Å²) in [4.78, 5) is 28.1.